The van der Waals surface area contributed by atoms with Crippen molar-refractivity contribution in [2.75, 3.05) is 0 Å². The van der Waals surface area contributed by atoms with E-state index in [-0.39, 0.29) is 0 Å². The molecule has 0 saturated carbocycles. The summed E-state index contributed by atoms with van der Waals surface area (Å²) in [7, 11) is 0. The summed E-state index contributed by atoms with van der Waals surface area (Å²) in [5, 5.41) is 5.11. The van der Waals surface area contributed by atoms with Gasteiger partial charge in [-0.25, -0.2) is 0 Å². The average molecular weight is 335 g/mol. The fraction of sp³-hybridized carbons (Fsp3) is 0.286. The first-order valence-corrected chi connectivity index (χ1v) is 7.89. The standard InChI is InChI=1S/C14H14Cl3NS/c1-8(2)18-7-10-3-4-13(19-10)14-11(16)5-9(15)6-12(14)17/h3-6,8,18H,7H2,1-2H3. The highest BCUT2D eigenvalue weighted by Crippen LogP contribution is 2.40. The molecule has 0 bridgehead atoms. The number of thiophene rings is 1. The summed E-state index contributed by atoms with van der Waals surface area (Å²) in [5.41, 5.74) is 0.855. The molecule has 0 fully saturated rings. The maximum absolute atomic E-state index is 6.23. The largest absolute Gasteiger partial charge is 0.310 e. The van der Waals surface area contributed by atoms with Crippen molar-refractivity contribution >= 4 is 46.1 Å². The molecule has 0 spiro atoms. The van der Waals surface area contributed by atoms with Gasteiger partial charge in [0.2, 0.25) is 0 Å². The molecule has 102 valence electrons. The van der Waals surface area contributed by atoms with Gasteiger partial charge in [0.15, 0.2) is 0 Å². The minimum absolute atomic E-state index is 0.466. The van der Waals surface area contributed by atoms with Gasteiger partial charge in [0.1, 0.15) is 0 Å². The minimum Gasteiger partial charge on any atom is -0.310 e. The van der Waals surface area contributed by atoms with Gasteiger partial charge < -0.3 is 5.32 Å². The van der Waals surface area contributed by atoms with E-state index in [9.17, 15) is 0 Å². The molecule has 0 saturated heterocycles. The lowest BCUT2D eigenvalue weighted by atomic mass is 10.2. The maximum atomic E-state index is 6.23. The van der Waals surface area contributed by atoms with Crippen molar-refractivity contribution in [1.29, 1.82) is 0 Å². The number of hydrogen-bond acceptors (Lipinski definition) is 2. The summed E-state index contributed by atoms with van der Waals surface area (Å²) in [5.74, 6) is 0. The van der Waals surface area contributed by atoms with E-state index in [4.69, 9.17) is 34.8 Å². The SMILES string of the molecule is CC(C)NCc1ccc(-c2c(Cl)cc(Cl)cc2Cl)s1. The van der Waals surface area contributed by atoms with E-state index in [1.54, 1.807) is 23.5 Å². The summed E-state index contributed by atoms with van der Waals surface area (Å²) in [6, 6.07) is 8.04. The van der Waals surface area contributed by atoms with E-state index in [1.165, 1.54) is 4.88 Å². The summed E-state index contributed by atoms with van der Waals surface area (Å²) in [6.07, 6.45) is 0. The minimum atomic E-state index is 0.466. The van der Waals surface area contributed by atoms with Crippen LogP contribution in [0.3, 0.4) is 0 Å². The van der Waals surface area contributed by atoms with Gasteiger partial charge in [-0.15, -0.1) is 11.3 Å². The van der Waals surface area contributed by atoms with Crippen LogP contribution in [0.1, 0.15) is 18.7 Å². The van der Waals surface area contributed by atoms with Crippen LogP contribution < -0.4 is 5.32 Å². The molecule has 19 heavy (non-hydrogen) atoms. The highest BCUT2D eigenvalue weighted by molar-refractivity contribution is 7.15. The fourth-order valence-electron chi connectivity index (χ4n) is 1.69. The van der Waals surface area contributed by atoms with Gasteiger partial charge in [-0.2, -0.15) is 0 Å². The Morgan fingerprint density at radius 1 is 1.11 bits per heavy atom. The maximum Gasteiger partial charge on any atom is 0.0522 e. The monoisotopic (exact) mass is 333 g/mol. The van der Waals surface area contributed by atoms with Crippen molar-refractivity contribution in [3.8, 4) is 10.4 Å². The summed E-state index contributed by atoms with van der Waals surface area (Å²) in [6.45, 7) is 5.11. The molecule has 0 unspecified atom stereocenters. The van der Waals surface area contributed by atoms with Gasteiger partial charge in [-0.05, 0) is 24.3 Å². The molecule has 0 aliphatic heterocycles. The number of hydrogen-bond donors (Lipinski definition) is 1. The predicted octanol–water partition coefficient (Wildman–Crippen LogP) is 5.87. The zero-order valence-electron chi connectivity index (χ0n) is 10.6. The third kappa shape index (κ3) is 3.87. The zero-order chi connectivity index (χ0) is 14.0. The second kappa shape index (κ2) is 6.47. The molecular formula is C14H14Cl3NS. The molecule has 1 heterocycles. The molecule has 0 atom stereocenters. The first-order valence-electron chi connectivity index (χ1n) is 5.94. The molecule has 2 aromatic rings. The van der Waals surface area contributed by atoms with E-state index in [1.807, 2.05) is 6.07 Å². The van der Waals surface area contributed by atoms with Gasteiger partial charge in [0.25, 0.3) is 0 Å². The molecule has 1 aromatic heterocycles. The average Bonchev–Trinajstić information content (AvgIpc) is 2.73. The summed E-state index contributed by atoms with van der Waals surface area (Å²) >= 11 is 20.1. The Balaban J connectivity index is 2.28. The van der Waals surface area contributed by atoms with Crippen LogP contribution in [0, 0.1) is 0 Å². The van der Waals surface area contributed by atoms with Gasteiger partial charge in [0, 0.05) is 32.9 Å². The molecule has 0 radical (unpaired) electrons. The normalized spacial score (nSPS) is 11.3. The number of benzene rings is 1. The van der Waals surface area contributed by atoms with Crippen molar-refractivity contribution in [2.24, 2.45) is 0 Å². The second-order valence-corrected chi connectivity index (χ2v) is 6.97. The molecule has 1 aromatic carbocycles. The van der Waals surface area contributed by atoms with Crippen molar-refractivity contribution in [2.45, 2.75) is 26.4 Å². The highest BCUT2D eigenvalue weighted by Gasteiger charge is 2.12. The van der Waals surface area contributed by atoms with Crippen molar-refractivity contribution in [1.82, 2.24) is 5.32 Å². The quantitative estimate of drug-likeness (QED) is 0.737. The van der Waals surface area contributed by atoms with E-state index >= 15 is 0 Å². The lowest BCUT2D eigenvalue weighted by Gasteiger charge is -2.06. The van der Waals surface area contributed by atoms with Crippen LogP contribution in [0.2, 0.25) is 15.1 Å². The van der Waals surface area contributed by atoms with Crippen LogP contribution >= 0.6 is 46.1 Å². The first kappa shape index (κ1) is 15.1. The van der Waals surface area contributed by atoms with Crippen LogP contribution in [0.15, 0.2) is 24.3 Å². The van der Waals surface area contributed by atoms with Crippen LogP contribution in [0.5, 0.6) is 0 Å². The summed E-state index contributed by atoms with van der Waals surface area (Å²) < 4.78 is 0. The molecule has 5 heteroatoms. The van der Waals surface area contributed by atoms with Gasteiger partial charge in [-0.3, -0.25) is 0 Å². The lowest BCUT2D eigenvalue weighted by Crippen LogP contribution is -2.21. The van der Waals surface area contributed by atoms with Crippen LogP contribution in [0.25, 0.3) is 10.4 Å². The second-order valence-electron chi connectivity index (χ2n) is 4.55. The van der Waals surface area contributed by atoms with E-state index in [2.05, 4.69) is 25.2 Å². The fourth-order valence-corrected chi connectivity index (χ4v) is 3.85. The Morgan fingerprint density at radius 3 is 2.32 bits per heavy atom. The van der Waals surface area contributed by atoms with Crippen LogP contribution in [0.4, 0.5) is 0 Å². The molecular weight excluding hydrogens is 321 g/mol. The Morgan fingerprint density at radius 2 is 1.74 bits per heavy atom. The van der Waals surface area contributed by atoms with Crippen molar-refractivity contribution in [3.05, 3.63) is 44.2 Å². The van der Waals surface area contributed by atoms with E-state index < -0.39 is 0 Å². The predicted molar refractivity (Wildman–Crippen MR) is 86.8 cm³/mol. The molecule has 0 aliphatic carbocycles. The van der Waals surface area contributed by atoms with Gasteiger partial charge >= 0.3 is 0 Å². The molecule has 1 nitrogen and oxygen atoms in total. The third-order valence-corrected chi connectivity index (χ3v) is 4.52. The smallest absolute Gasteiger partial charge is 0.0522 e. The Bertz CT molecular complexity index is 555. The van der Waals surface area contributed by atoms with Gasteiger partial charge in [0.05, 0.1) is 10.0 Å². The Hall–Kier alpha value is -0.250. The lowest BCUT2D eigenvalue weighted by molar-refractivity contribution is 0.593. The van der Waals surface area contributed by atoms with Crippen molar-refractivity contribution in [3.63, 3.8) is 0 Å². The zero-order valence-corrected chi connectivity index (χ0v) is 13.7. The topological polar surface area (TPSA) is 12.0 Å². The Labute approximate surface area is 132 Å². The van der Waals surface area contributed by atoms with E-state index in [0.717, 1.165) is 17.0 Å². The van der Waals surface area contributed by atoms with Crippen LogP contribution in [-0.4, -0.2) is 6.04 Å². The molecule has 1 N–H and O–H groups in total. The van der Waals surface area contributed by atoms with Gasteiger partial charge in [-0.1, -0.05) is 48.7 Å². The van der Waals surface area contributed by atoms with Crippen molar-refractivity contribution < 1.29 is 0 Å². The van der Waals surface area contributed by atoms with E-state index in [0.29, 0.717) is 21.1 Å². The number of nitrogens with one attached hydrogen (secondary N) is 1. The number of rotatable bonds is 4. The molecule has 2 rings (SSSR count). The van der Waals surface area contributed by atoms with Crippen LogP contribution in [-0.2, 0) is 6.54 Å². The Kier molecular flexibility index (Phi) is 5.15. The summed E-state index contributed by atoms with van der Waals surface area (Å²) in [4.78, 5) is 2.32. The third-order valence-electron chi connectivity index (χ3n) is 2.60. The first-order chi connectivity index (χ1) is 8.97. The molecule has 0 aliphatic rings. The highest BCUT2D eigenvalue weighted by atomic mass is 35.5. The number of halogens is 3. The molecule has 0 amide bonds.